The number of para-hydroxylation sites is 1. The van der Waals surface area contributed by atoms with E-state index in [-0.39, 0.29) is 16.3 Å². The summed E-state index contributed by atoms with van der Waals surface area (Å²) < 4.78 is 5.89. The van der Waals surface area contributed by atoms with Gasteiger partial charge in [-0.3, -0.25) is 14.9 Å². The number of carbonyl (C=O) groups is 1. The van der Waals surface area contributed by atoms with Gasteiger partial charge in [-0.1, -0.05) is 86.5 Å². The third-order valence-corrected chi connectivity index (χ3v) is 7.03. The maximum atomic E-state index is 13.1. The number of benzene rings is 3. The minimum absolute atomic E-state index is 0.00514. The minimum Gasteiger partial charge on any atom is -0.488 e. The van der Waals surface area contributed by atoms with Crippen LogP contribution in [0.4, 0.5) is 5.69 Å². The van der Waals surface area contributed by atoms with Gasteiger partial charge in [0, 0.05) is 12.1 Å². The zero-order valence-electron chi connectivity index (χ0n) is 15.2. The Bertz CT molecular complexity index is 993. The lowest BCUT2D eigenvalue weighted by molar-refractivity contribution is -0.384. The Morgan fingerprint density at radius 2 is 1.55 bits per heavy atom. The number of non-ortho nitro benzene ring substituents is 1. The summed E-state index contributed by atoms with van der Waals surface area (Å²) in [5, 5.41) is 10.8. The highest BCUT2D eigenvalue weighted by atomic mass is 79.9. The van der Waals surface area contributed by atoms with Crippen molar-refractivity contribution in [1.29, 1.82) is 0 Å². The molecule has 3 aromatic rings. The highest BCUT2D eigenvalue weighted by Crippen LogP contribution is 2.35. The molecule has 5 nitrogen and oxygen atoms in total. The van der Waals surface area contributed by atoms with Gasteiger partial charge in [-0.25, -0.2) is 0 Å². The lowest BCUT2D eigenvalue weighted by Gasteiger charge is -2.18. The molecule has 0 aliphatic carbocycles. The Morgan fingerprint density at radius 1 is 0.931 bits per heavy atom. The Balaban J connectivity index is 1.76. The average Bonchev–Trinajstić information content (AvgIpc) is 2.77. The normalized spacial score (nSPS) is 12.8. The maximum Gasteiger partial charge on any atom is 0.269 e. The van der Waals surface area contributed by atoms with Crippen molar-refractivity contribution < 1.29 is 14.5 Å². The molecule has 0 spiro atoms. The first-order chi connectivity index (χ1) is 14.0. The first-order valence-electron chi connectivity index (χ1n) is 8.80. The van der Waals surface area contributed by atoms with E-state index in [4.69, 9.17) is 4.74 Å². The van der Waals surface area contributed by atoms with Crippen LogP contribution in [0.1, 0.15) is 26.3 Å². The molecule has 0 heterocycles. The van der Waals surface area contributed by atoms with E-state index in [2.05, 4.69) is 31.9 Å². The van der Waals surface area contributed by atoms with Crippen LogP contribution in [0.2, 0.25) is 0 Å². The number of nitrogens with zero attached hydrogens (tertiary/aromatic N) is 1. The van der Waals surface area contributed by atoms with Gasteiger partial charge in [-0.15, -0.1) is 0 Å². The number of alkyl halides is 2. The molecule has 0 unspecified atom stereocenters. The maximum absolute atomic E-state index is 13.1. The minimum atomic E-state index is -0.578. The summed E-state index contributed by atoms with van der Waals surface area (Å²) in [6, 6.07) is 22.9. The molecule has 0 N–H and O–H groups in total. The number of hydrogen-bond acceptors (Lipinski definition) is 4. The molecule has 2 atom stereocenters. The number of halogens is 2. The highest BCUT2D eigenvalue weighted by molar-refractivity contribution is 9.12. The number of nitro groups is 1. The van der Waals surface area contributed by atoms with Gasteiger partial charge in [-0.05, 0) is 23.3 Å². The van der Waals surface area contributed by atoms with Crippen molar-refractivity contribution in [3.8, 4) is 5.75 Å². The molecular weight excluding hydrogens is 502 g/mol. The van der Waals surface area contributed by atoms with Crippen molar-refractivity contribution in [3.63, 3.8) is 0 Å². The molecule has 0 saturated carbocycles. The zero-order chi connectivity index (χ0) is 20.8. The number of hydrogen-bond donors (Lipinski definition) is 0. The predicted octanol–water partition coefficient (Wildman–Crippen LogP) is 6.26. The van der Waals surface area contributed by atoms with E-state index in [0.29, 0.717) is 17.9 Å². The molecule has 0 saturated heterocycles. The van der Waals surface area contributed by atoms with Crippen LogP contribution >= 0.6 is 31.9 Å². The molecule has 0 bridgehead atoms. The Kier molecular flexibility index (Phi) is 7.17. The zero-order valence-corrected chi connectivity index (χ0v) is 18.4. The average molecular weight is 519 g/mol. The monoisotopic (exact) mass is 517 g/mol. The summed E-state index contributed by atoms with van der Waals surface area (Å²) in [7, 11) is 0. The molecule has 0 aromatic heterocycles. The van der Waals surface area contributed by atoms with Crippen molar-refractivity contribution in [2.45, 2.75) is 16.3 Å². The van der Waals surface area contributed by atoms with Crippen LogP contribution in [-0.4, -0.2) is 15.5 Å². The van der Waals surface area contributed by atoms with E-state index in [1.54, 1.807) is 30.3 Å². The first kappa shape index (κ1) is 21.2. The molecular formula is C22H17Br2NO4. The second-order valence-corrected chi connectivity index (χ2v) is 8.26. The van der Waals surface area contributed by atoms with Crippen molar-refractivity contribution in [1.82, 2.24) is 0 Å². The summed E-state index contributed by atoms with van der Waals surface area (Å²) in [5.74, 6) is 0.364. The molecule has 0 aliphatic rings. The Labute approximate surface area is 185 Å². The molecule has 7 heteroatoms. The summed E-state index contributed by atoms with van der Waals surface area (Å²) in [4.78, 5) is 22.5. The molecule has 29 heavy (non-hydrogen) atoms. The number of carbonyl (C=O) groups excluding carboxylic acids is 1. The van der Waals surface area contributed by atoms with Gasteiger partial charge in [0.2, 0.25) is 0 Å². The standard InChI is InChI=1S/C22H17Br2NO4/c23-20(16-10-12-17(13-11-16)25(27)28)21(24)22(26)18-8-4-5-9-19(18)29-14-15-6-2-1-3-7-15/h1-13,20-21H,14H2/t20-,21+/m1/s1. The number of nitro benzene ring substituents is 1. The van der Waals surface area contributed by atoms with Gasteiger partial charge in [0.05, 0.1) is 20.1 Å². The van der Waals surface area contributed by atoms with E-state index in [0.717, 1.165) is 11.1 Å². The van der Waals surface area contributed by atoms with E-state index >= 15 is 0 Å². The van der Waals surface area contributed by atoms with Gasteiger partial charge in [0.25, 0.3) is 5.69 Å². The van der Waals surface area contributed by atoms with Crippen LogP contribution < -0.4 is 4.74 Å². The van der Waals surface area contributed by atoms with Crippen molar-refractivity contribution in [2.24, 2.45) is 0 Å². The smallest absolute Gasteiger partial charge is 0.269 e. The third-order valence-electron chi connectivity index (χ3n) is 4.32. The van der Waals surface area contributed by atoms with Crippen LogP contribution in [0.3, 0.4) is 0 Å². The lowest BCUT2D eigenvalue weighted by atomic mass is 10.0. The highest BCUT2D eigenvalue weighted by Gasteiger charge is 2.28. The SMILES string of the molecule is O=C(c1ccccc1OCc1ccccc1)[C@@H](Br)[C@H](Br)c1ccc([N+](=O)[O-])cc1. The van der Waals surface area contributed by atoms with Gasteiger partial charge < -0.3 is 4.74 Å². The van der Waals surface area contributed by atoms with Crippen LogP contribution in [0.15, 0.2) is 78.9 Å². The second-order valence-electron chi connectivity index (χ2n) is 6.29. The van der Waals surface area contributed by atoms with E-state index in [1.165, 1.54) is 12.1 Å². The van der Waals surface area contributed by atoms with Gasteiger partial charge in [0.1, 0.15) is 12.4 Å². The summed E-state index contributed by atoms with van der Waals surface area (Å²) in [6.07, 6.45) is 0. The fraction of sp³-hybridized carbons (Fsp3) is 0.136. The van der Waals surface area contributed by atoms with Crippen molar-refractivity contribution in [2.75, 3.05) is 0 Å². The predicted molar refractivity (Wildman–Crippen MR) is 119 cm³/mol. The Morgan fingerprint density at radius 3 is 2.21 bits per heavy atom. The summed E-state index contributed by atoms with van der Waals surface area (Å²) in [6.45, 7) is 0.359. The Hall–Kier alpha value is -2.51. The lowest BCUT2D eigenvalue weighted by Crippen LogP contribution is -2.20. The number of ketones is 1. The molecule has 3 aromatic carbocycles. The molecule has 0 radical (unpaired) electrons. The van der Waals surface area contributed by atoms with Crippen LogP contribution in [0.25, 0.3) is 0 Å². The van der Waals surface area contributed by atoms with E-state index < -0.39 is 9.75 Å². The third kappa shape index (κ3) is 5.31. The van der Waals surface area contributed by atoms with Crippen LogP contribution in [0, 0.1) is 10.1 Å². The number of ether oxygens (including phenoxy) is 1. The fourth-order valence-corrected chi connectivity index (χ4v) is 3.86. The number of Topliss-reactive ketones (excluding diaryl/α,β-unsaturated/α-hetero) is 1. The largest absolute Gasteiger partial charge is 0.488 e. The molecule has 0 aliphatic heterocycles. The topological polar surface area (TPSA) is 69.4 Å². The fourth-order valence-electron chi connectivity index (χ4n) is 2.76. The summed E-state index contributed by atoms with van der Waals surface area (Å²) >= 11 is 7.01. The molecule has 0 fully saturated rings. The quantitative estimate of drug-likeness (QED) is 0.153. The second kappa shape index (κ2) is 9.80. The van der Waals surface area contributed by atoms with Gasteiger partial charge >= 0.3 is 0 Å². The van der Waals surface area contributed by atoms with E-state index in [9.17, 15) is 14.9 Å². The van der Waals surface area contributed by atoms with Gasteiger partial charge in [0.15, 0.2) is 5.78 Å². The number of rotatable bonds is 8. The van der Waals surface area contributed by atoms with Crippen LogP contribution in [-0.2, 0) is 6.61 Å². The summed E-state index contributed by atoms with van der Waals surface area (Å²) in [5.41, 5.74) is 2.24. The molecule has 148 valence electrons. The van der Waals surface area contributed by atoms with Crippen LogP contribution in [0.5, 0.6) is 5.75 Å². The van der Waals surface area contributed by atoms with E-state index in [1.807, 2.05) is 36.4 Å². The van der Waals surface area contributed by atoms with Crippen molar-refractivity contribution >= 4 is 43.3 Å². The molecule has 0 amide bonds. The molecule has 3 rings (SSSR count). The first-order valence-corrected chi connectivity index (χ1v) is 10.6. The van der Waals surface area contributed by atoms with Crippen molar-refractivity contribution in [3.05, 3.63) is 106 Å². The van der Waals surface area contributed by atoms with Gasteiger partial charge in [-0.2, -0.15) is 0 Å².